The van der Waals surface area contributed by atoms with Crippen molar-refractivity contribution >= 4 is 5.97 Å². The summed E-state index contributed by atoms with van der Waals surface area (Å²) in [6.45, 7) is 3.24. The van der Waals surface area contributed by atoms with Crippen LogP contribution >= 0.6 is 0 Å². The number of carboxylic acid groups (broad SMARTS) is 1. The van der Waals surface area contributed by atoms with E-state index in [0.29, 0.717) is 0 Å². The minimum Gasteiger partial charge on any atom is -0.475 e. The summed E-state index contributed by atoms with van der Waals surface area (Å²) in [5, 5.41) is 7.12. The maximum Gasteiger partial charge on any atom is 0.490 e. The van der Waals surface area contributed by atoms with Crippen molar-refractivity contribution in [1.29, 1.82) is 0 Å². The number of carbonyl (C=O) groups is 1. The summed E-state index contributed by atoms with van der Waals surface area (Å²) in [6, 6.07) is 0. The van der Waals surface area contributed by atoms with Crippen molar-refractivity contribution in [2.24, 2.45) is 0 Å². The molecule has 0 fully saturated rings. The van der Waals surface area contributed by atoms with Crippen LogP contribution < -0.4 is 0 Å². The molecule has 0 amide bonds. The normalized spacial score (nSPS) is 9.18. The van der Waals surface area contributed by atoms with E-state index < -0.39 is 12.1 Å². The molecule has 9 heteroatoms. The predicted molar refractivity (Wildman–Crippen MR) is 47.3 cm³/mol. The molecule has 0 aliphatic heterocycles. The Labute approximate surface area is 129 Å². The average Bonchev–Trinajstić information content (AvgIpc) is 2.57. The fourth-order valence-corrected chi connectivity index (χ4v) is 0.677. The van der Waals surface area contributed by atoms with Gasteiger partial charge in [-0.05, 0) is 6.42 Å². The first kappa shape index (κ1) is 22.0. The Balaban J connectivity index is -0.000000208. The monoisotopic (exact) mass is 383 g/mol. The van der Waals surface area contributed by atoms with E-state index in [1.807, 2.05) is 12.5 Å². The van der Waals surface area contributed by atoms with E-state index in [1.165, 1.54) is 6.42 Å². The van der Waals surface area contributed by atoms with Crippen LogP contribution in [0.2, 0.25) is 0 Å². The van der Waals surface area contributed by atoms with Gasteiger partial charge in [0, 0.05) is 65.4 Å². The predicted octanol–water partition coefficient (Wildman–Crippen LogP) is 2.35. The summed E-state index contributed by atoms with van der Waals surface area (Å²) in [7, 11) is 0. The van der Waals surface area contributed by atoms with Crippen molar-refractivity contribution in [3.05, 3.63) is 18.7 Å². The van der Waals surface area contributed by atoms with E-state index in [0.717, 1.165) is 6.54 Å². The van der Waals surface area contributed by atoms with Crippen LogP contribution in [0.25, 0.3) is 0 Å². The number of hydrogen-bond acceptors (Lipinski definition) is 2. The second-order valence-electron chi connectivity index (χ2n) is 2.60. The number of carboxylic acids is 1. The van der Waals surface area contributed by atoms with Crippen LogP contribution in [-0.4, -0.2) is 26.8 Å². The minimum absolute atomic E-state index is 0. The molecule has 0 bridgehead atoms. The van der Waals surface area contributed by atoms with Gasteiger partial charge < -0.3 is 9.67 Å². The molecule has 0 spiro atoms. The Morgan fingerprint density at radius 2 is 1.94 bits per heavy atom. The number of aryl methyl sites for hydroxylation is 1. The van der Waals surface area contributed by atoms with Gasteiger partial charge in [-0.15, -0.1) is 0 Å². The number of rotatable bonds is 2. The van der Waals surface area contributed by atoms with Crippen LogP contribution in [0.1, 0.15) is 13.3 Å². The van der Waals surface area contributed by atoms with Gasteiger partial charge in [-0.3, -0.25) is 0 Å². The first-order valence-electron chi connectivity index (χ1n) is 4.13. The molecular weight excluding hydrogens is 372 g/mol. The van der Waals surface area contributed by atoms with Crippen LogP contribution in [0, 0.1) is 41.7 Å². The van der Waals surface area contributed by atoms with Crippen LogP contribution in [0.5, 0.6) is 0 Å². The van der Waals surface area contributed by atoms with Gasteiger partial charge in [0.1, 0.15) is 0 Å². The Kier molecular flexibility index (Phi) is 14.1. The van der Waals surface area contributed by atoms with E-state index in [9.17, 15) is 13.2 Å². The summed E-state index contributed by atoms with van der Waals surface area (Å²) < 4.78 is 33.8. The smallest absolute Gasteiger partial charge is 0.475 e. The van der Waals surface area contributed by atoms with Gasteiger partial charge in [0.05, 0.1) is 6.33 Å². The molecule has 17 heavy (non-hydrogen) atoms. The molecule has 1 N–H and O–H groups in total. The Morgan fingerprint density at radius 1 is 1.47 bits per heavy atom. The van der Waals surface area contributed by atoms with Crippen molar-refractivity contribution in [1.82, 2.24) is 9.55 Å². The zero-order valence-corrected chi connectivity index (χ0v) is 12.0. The van der Waals surface area contributed by atoms with Gasteiger partial charge in [-0.25, -0.2) is 9.78 Å². The second kappa shape index (κ2) is 10.9. The third-order valence-electron chi connectivity index (χ3n) is 1.28. The third-order valence-corrected chi connectivity index (χ3v) is 1.28. The van der Waals surface area contributed by atoms with Crippen molar-refractivity contribution in [3.63, 3.8) is 0 Å². The van der Waals surface area contributed by atoms with Gasteiger partial charge in [-0.2, -0.15) is 13.2 Å². The molecule has 1 aromatic heterocycles. The molecule has 0 unspecified atom stereocenters. The number of halogens is 4. The molecule has 1 heterocycles. The molecule has 0 atom stereocenters. The molecule has 0 saturated carbocycles. The fourth-order valence-electron chi connectivity index (χ4n) is 0.677. The van der Waals surface area contributed by atoms with Crippen LogP contribution in [0.4, 0.5) is 17.9 Å². The summed E-state index contributed by atoms with van der Waals surface area (Å²) in [4.78, 5) is 12.8. The number of hydrogen-bond donors (Lipinski definition) is 1. The zero-order chi connectivity index (χ0) is 11.9. The fraction of sp³-hybridized carbons (Fsp3) is 0.500. The van der Waals surface area contributed by atoms with E-state index in [-0.39, 0.29) is 46.5 Å². The maximum atomic E-state index is 10.6. The number of aromatic nitrogens is 2. The number of imidazole rings is 1. The molecule has 1 radical (unpaired) electrons. The molecule has 0 aliphatic carbocycles. The Bertz CT molecular complexity index is 290. The standard InChI is InChI=1S/C6H10N2.C2HF3O2.Ce.F/c1-2-4-8-5-3-7-6-8;3-2(4,5)1(6)7;;/h3,5-6H,2,4H2,1H3;(H,6,7);;. The molecule has 97 valence electrons. The van der Waals surface area contributed by atoms with Gasteiger partial charge in [0.2, 0.25) is 0 Å². The topological polar surface area (TPSA) is 55.1 Å². The first-order chi connectivity index (χ1) is 6.88. The molecule has 0 saturated heterocycles. The Hall–Kier alpha value is -0.223. The van der Waals surface area contributed by atoms with Crippen molar-refractivity contribution in [2.45, 2.75) is 26.1 Å². The largest absolute Gasteiger partial charge is 0.490 e. The SMILES string of the molecule is CCCn1ccnc1.O=C(O)C(F)(F)F.[Ce].[F]. The summed E-state index contributed by atoms with van der Waals surface area (Å²) in [5.74, 6) is -2.76. The molecule has 4 nitrogen and oxygen atoms in total. The van der Waals surface area contributed by atoms with Crippen molar-refractivity contribution in [2.75, 3.05) is 0 Å². The zero-order valence-electron chi connectivity index (χ0n) is 8.91. The van der Waals surface area contributed by atoms with Gasteiger partial charge in [0.15, 0.2) is 0 Å². The summed E-state index contributed by atoms with van der Waals surface area (Å²) in [5.41, 5.74) is 0. The van der Waals surface area contributed by atoms with E-state index in [2.05, 4.69) is 16.5 Å². The Morgan fingerprint density at radius 3 is 2.18 bits per heavy atom. The van der Waals surface area contributed by atoms with E-state index >= 15 is 0 Å². The number of aliphatic carboxylic acids is 1. The first-order valence-corrected chi connectivity index (χ1v) is 4.13. The van der Waals surface area contributed by atoms with Gasteiger partial charge >= 0.3 is 12.1 Å². The summed E-state index contributed by atoms with van der Waals surface area (Å²) in [6.07, 6.45) is 1.71. The average molecular weight is 383 g/mol. The third kappa shape index (κ3) is 12.0. The van der Waals surface area contributed by atoms with E-state index in [1.54, 1.807) is 6.20 Å². The quantitative estimate of drug-likeness (QED) is 0.798. The second-order valence-corrected chi connectivity index (χ2v) is 2.60. The van der Waals surface area contributed by atoms with Crippen LogP contribution in [-0.2, 0) is 11.3 Å². The summed E-state index contributed by atoms with van der Waals surface area (Å²) >= 11 is 0. The van der Waals surface area contributed by atoms with Gasteiger partial charge in [-0.1, -0.05) is 6.92 Å². The molecular formula is C8H11CeF4N2O2. The molecule has 1 rings (SSSR count). The number of nitrogens with zero attached hydrogens (tertiary/aromatic N) is 2. The number of alkyl halides is 3. The maximum absolute atomic E-state index is 10.6. The molecule has 0 aliphatic rings. The van der Waals surface area contributed by atoms with E-state index in [4.69, 9.17) is 9.90 Å². The van der Waals surface area contributed by atoms with Crippen LogP contribution in [0.15, 0.2) is 18.7 Å². The molecule has 1 aromatic rings. The molecule has 0 aromatic carbocycles. The van der Waals surface area contributed by atoms with Crippen LogP contribution in [0.3, 0.4) is 0 Å². The van der Waals surface area contributed by atoms with Gasteiger partial charge in [0.25, 0.3) is 0 Å². The van der Waals surface area contributed by atoms with Crippen molar-refractivity contribution < 1.29 is 69.5 Å². The van der Waals surface area contributed by atoms with Crippen molar-refractivity contribution in [3.8, 4) is 0 Å². The minimum atomic E-state index is -5.08.